The summed E-state index contributed by atoms with van der Waals surface area (Å²) in [5.74, 6) is 0.847. The van der Waals surface area contributed by atoms with E-state index in [1.54, 1.807) is 0 Å². The summed E-state index contributed by atoms with van der Waals surface area (Å²) in [6.45, 7) is 7.44. The van der Waals surface area contributed by atoms with Gasteiger partial charge in [0.1, 0.15) is 12.4 Å². The van der Waals surface area contributed by atoms with Gasteiger partial charge in [0.25, 0.3) is 0 Å². The van der Waals surface area contributed by atoms with E-state index in [2.05, 4.69) is 24.4 Å². The van der Waals surface area contributed by atoms with Gasteiger partial charge < -0.3 is 15.2 Å². The molecule has 1 atom stereocenters. The van der Waals surface area contributed by atoms with Crippen LogP contribution in [-0.4, -0.2) is 30.4 Å². The van der Waals surface area contributed by atoms with Crippen LogP contribution in [0.15, 0.2) is 24.3 Å². The molecule has 0 radical (unpaired) electrons. The minimum Gasteiger partial charge on any atom is -0.492 e. The molecule has 96 valence electrons. The molecule has 0 saturated carbocycles. The fourth-order valence-electron chi connectivity index (χ4n) is 1.64. The smallest absolute Gasteiger partial charge is 0.119 e. The number of aliphatic hydroxyl groups excluding tert-OH is 1. The summed E-state index contributed by atoms with van der Waals surface area (Å²) in [6, 6.07) is 8.09. The SMILES string of the molecule is CCNC(C)(CO)COc1ccc(CC)cc1. The van der Waals surface area contributed by atoms with Crippen molar-refractivity contribution in [3.8, 4) is 5.75 Å². The van der Waals surface area contributed by atoms with Crippen LogP contribution in [0.2, 0.25) is 0 Å². The van der Waals surface area contributed by atoms with Crippen LogP contribution in [0.25, 0.3) is 0 Å². The van der Waals surface area contributed by atoms with Crippen LogP contribution in [0.4, 0.5) is 0 Å². The molecule has 0 heterocycles. The Morgan fingerprint density at radius 3 is 2.35 bits per heavy atom. The highest BCUT2D eigenvalue weighted by Gasteiger charge is 2.22. The van der Waals surface area contributed by atoms with Crippen molar-refractivity contribution in [2.75, 3.05) is 19.8 Å². The van der Waals surface area contributed by atoms with Crippen LogP contribution < -0.4 is 10.1 Å². The maximum absolute atomic E-state index is 9.33. The minimum atomic E-state index is -0.377. The zero-order valence-electron chi connectivity index (χ0n) is 11.0. The summed E-state index contributed by atoms with van der Waals surface area (Å²) >= 11 is 0. The molecule has 1 rings (SSSR count). The Labute approximate surface area is 104 Å². The third-order valence-corrected chi connectivity index (χ3v) is 2.84. The number of benzene rings is 1. The highest BCUT2D eigenvalue weighted by Crippen LogP contribution is 2.14. The first kappa shape index (κ1) is 14.0. The number of aryl methyl sites for hydroxylation is 1. The standard InChI is InChI=1S/C14H23NO2/c1-4-12-6-8-13(9-7-12)17-11-14(3,10-16)15-5-2/h6-9,15-16H,4-5,10-11H2,1-3H3. The van der Waals surface area contributed by atoms with Crippen molar-refractivity contribution in [1.29, 1.82) is 0 Å². The van der Waals surface area contributed by atoms with Crippen molar-refractivity contribution < 1.29 is 9.84 Å². The molecule has 1 aromatic carbocycles. The number of ether oxygens (including phenoxy) is 1. The van der Waals surface area contributed by atoms with Gasteiger partial charge in [-0.2, -0.15) is 0 Å². The predicted octanol–water partition coefficient (Wildman–Crippen LogP) is 1.99. The molecule has 0 fully saturated rings. The number of likely N-dealkylation sites (N-methyl/N-ethyl adjacent to an activating group) is 1. The average molecular weight is 237 g/mol. The minimum absolute atomic E-state index is 0.0634. The van der Waals surface area contributed by atoms with Gasteiger partial charge in [-0.3, -0.25) is 0 Å². The molecular weight excluding hydrogens is 214 g/mol. The first-order valence-electron chi connectivity index (χ1n) is 6.21. The fourth-order valence-corrected chi connectivity index (χ4v) is 1.64. The van der Waals surface area contributed by atoms with E-state index in [9.17, 15) is 5.11 Å². The number of hydrogen-bond acceptors (Lipinski definition) is 3. The van der Waals surface area contributed by atoms with Gasteiger partial charge in [-0.05, 0) is 37.6 Å². The van der Waals surface area contributed by atoms with Crippen LogP contribution in [-0.2, 0) is 6.42 Å². The van der Waals surface area contributed by atoms with Gasteiger partial charge in [0, 0.05) is 0 Å². The van der Waals surface area contributed by atoms with E-state index in [1.807, 2.05) is 26.0 Å². The predicted molar refractivity (Wildman–Crippen MR) is 70.5 cm³/mol. The van der Waals surface area contributed by atoms with Crippen LogP contribution >= 0.6 is 0 Å². The van der Waals surface area contributed by atoms with E-state index in [4.69, 9.17) is 4.74 Å². The number of hydrogen-bond donors (Lipinski definition) is 2. The van der Waals surface area contributed by atoms with Crippen molar-refractivity contribution in [3.05, 3.63) is 29.8 Å². The number of rotatable bonds is 7. The Hall–Kier alpha value is -1.06. The molecule has 0 saturated heterocycles. The van der Waals surface area contributed by atoms with Crippen LogP contribution in [0.1, 0.15) is 26.3 Å². The quantitative estimate of drug-likeness (QED) is 0.762. The molecule has 3 heteroatoms. The molecular formula is C14H23NO2. The molecule has 1 aromatic rings. The van der Waals surface area contributed by atoms with Crippen LogP contribution in [0.5, 0.6) is 5.75 Å². The normalized spacial score (nSPS) is 14.4. The molecule has 2 N–H and O–H groups in total. The van der Waals surface area contributed by atoms with Crippen LogP contribution in [0.3, 0.4) is 0 Å². The van der Waals surface area contributed by atoms with Crippen molar-refractivity contribution in [1.82, 2.24) is 5.32 Å². The third kappa shape index (κ3) is 4.36. The zero-order chi connectivity index (χ0) is 12.7. The maximum Gasteiger partial charge on any atom is 0.119 e. The zero-order valence-corrected chi connectivity index (χ0v) is 11.0. The molecule has 0 spiro atoms. The average Bonchev–Trinajstić information content (AvgIpc) is 2.37. The lowest BCUT2D eigenvalue weighted by molar-refractivity contribution is 0.117. The van der Waals surface area contributed by atoms with Gasteiger partial charge in [-0.25, -0.2) is 0 Å². The Morgan fingerprint density at radius 2 is 1.88 bits per heavy atom. The van der Waals surface area contributed by atoms with Crippen molar-refractivity contribution >= 4 is 0 Å². The van der Waals surface area contributed by atoms with Crippen molar-refractivity contribution in [2.45, 2.75) is 32.7 Å². The lowest BCUT2D eigenvalue weighted by Gasteiger charge is -2.28. The summed E-state index contributed by atoms with van der Waals surface area (Å²) < 4.78 is 5.69. The van der Waals surface area contributed by atoms with Gasteiger partial charge in [-0.1, -0.05) is 26.0 Å². The van der Waals surface area contributed by atoms with Gasteiger partial charge in [0.2, 0.25) is 0 Å². The van der Waals surface area contributed by atoms with Crippen molar-refractivity contribution in [3.63, 3.8) is 0 Å². The lowest BCUT2D eigenvalue weighted by atomic mass is 10.1. The van der Waals surface area contributed by atoms with E-state index in [0.717, 1.165) is 18.7 Å². The Morgan fingerprint density at radius 1 is 1.24 bits per heavy atom. The Kier molecular flexibility index (Phi) is 5.45. The van der Waals surface area contributed by atoms with Gasteiger partial charge in [0.05, 0.1) is 12.1 Å². The molecule has 17 heavy (non-hydrogen) atoms. The summed E-state index contributed by atoms with van der Waals surface area (Å²) in [5, 5.41) is 12.6. The molecule has 0 aliphatic carbocycles. The van der Waals surface area contributed by atoms with E-state index in [-0.39, 0.29) is 12.1 Å². The molecule has 1 unspecified atom stereocenters. The van der Waals surface area contributed by atoms with E-state index >= 15 is 0 Å². The molecule has 3 nitrogen and oxygen atoms in total. The van der Waals surface area contributed by atoms with Gasteiger partial charge in [0.15, 0.2) is 0 Å². The second-order valence-corrected chi connectivity index (χ2v) is 4.54. The summed E-state index contributed by atoms with van der Waals surface area (Å²) in [6.07, 6.45) is 1.03. The first-order valence-corrected chi connectivity index (χ1v) is 6.21. The highest BCUT2D eigenvalue weighted by molar-refractivity contribution is 5.27. The maximum atomic E-state index is 9.33. The second kappa shape index (κ2) is 6.62. The van der Waals surface area contributed by atoms with Crippen LogP contribution in [0, 0.1) is 0 Å². The lowest BCUT2D eigenvalue weighted by Crippen LogP contribution is -2.50. The molecule has 0 bridgehead atoms. The molecule has 0 aliphatic rings. The number of aliphatic hydroxyl groups is 1. The summed E-state index contributed by atoms with van der Waals surface area (Å²) in [7, 11) is 0. The monoisotopic (exact) mass is 237 g/mol. The highest BCUT2D eigenvalue weighted by atomic mass is 16.5. The second-order valence-electron chi connectivity index (χ2n) is 4.54. The third-order valence-electron chi connectivity index (χ3n) is 2.84. The first-order chi connectivity index (χ1) is 8.13. The van der Waals surface area contributed by atoms with E-state index in [1.165, 1.54) is 5.56 Å². The van der Waals surface area contributed by atoms with Gasteiger partial charge >= 0.3 is 0 Å². The van der Waals surface area contributed by atoms with Crippen molar-refractivity contribution in [2.24, 2.45) is 0 Å². The number of nitrogens with one attached hydrogen (secondary N) is 1. The fraction of sp³-hybridized carbons (Fsp3) is 0.571. The Bertz CT molecular complexity index is 323. The van der Waals surface area contributed by atoms with E-state index in [0.29, 0.717) is 6.61 Å². The molecule has 0 amide bonds. The van der Waals surface area contributed by atoms with E-state index < -0.39 is 0 Å². The Balaban J connectivity index is 2.53. The molecule has 0 aliphatic heterocycles. The van der Waals surface area contributed by atoms with Gasteiger partial charge in [-0.15, -0.1) is 0 Å². The molecule has 0 aromatic heterocycles. The summed E-state index contributed by atoms with van der Waals surface area (Å²) in [4.78, 5) is 0. The summed E-state index contributed by atoms with van der Waals surface area (Å²) in [5.41, 5.74) is 0.923. The topological polar surface area (TPSA) is 41.5 Å². The largest absolute Gasteiger partial charge is 0.492 e.